The normalized spacial score (nSPS) is 18.5. The van der Waals surface area contributed by atoms with Crippen LogP contribution in [0.1, 0.15) is 35.2 Å². The van der Waals surface area contributed by atoms with Crippen LogP contribution in [0.25, 0.3) is 0 Å². The van der Waals surface area contributed by atoms with Crippen molar-refractivity contribution in [3.63, 3.8) is 0 Å². The number of ether oxygens (including phenoxy) is 1. The SMILES string of the molecule is CC1=C(C(=O)OCc2ccccc2)C(c2ccc(C#N)cc2)N(C)C(O)N1c1cccc(C(F)(F)F)c1. The lowest BCUT2D eigenvalue weighted by atomic mass is 9.92. The minimum absolute atomic E-state index is 0.00757. The maximum absolute atomic E-state index is 13.5. The molecule has 9 heteroatoms. The first-order chi connectivity index (χ1) is 17.6. The van der Waals surface area contributed by atoms with Crippen LogP contribution in [-0.4, -0.2) is 29.4 Å². The van der Waals surface area contributed by atoms with E-state index in [2.05, 4.69) is 0 Å². The first-order valence-electron chi connectivity index (χ1n) is 11.4. The summed E-state index contributed by atoms with van der Waals surface area (Å²) in [6.45, 7) is 1.55. The van der Waals surface area contributed by atoms with Crippen molar-refractivity contribution < 1.29 is 27.8 Å². The van der Waals surface area contributed by atoms with Crippen LogP contribution in [0.2, 0.25) is 0 Å². The Hall–Kier alpha value is -4.13. The molecule has 1 aliphatic heterocycles. The smallest absolute Gasteiger partial charge is 0.416 e. The van der Waals surface area contributed by atoms with Crippen LogP contribution < -0.4 is 4.90 Å². The van der Waals surface area contributed by atoms with Gasteiger partial charge in [-0.1, -0.05) is 48.5 Å². The van der Waals surface area contributed by atoms with Crippen LogP contribution in [0.3, 0.4) is 0 Å². The zero-order chi connectivity index (χ0) is 26.7. The third-order valence-corrected chi connectivity index (χ3v) is 6.27. The van der Waals surface area contributed by atoms with Crippen molar-refractivity contribution in [2.24, 2.45) is 0 Å². The Morgan fingerprint density at radius 2 is 1.73 bits per heavy atom. The predicted octanol–water partition coefficient (Wildman–Crippen LogP) is 5.36. The molecule has 0 spiro atoms. The van der Waals surface area contributed by atoms with Crippen LogP contribution in [-0.2, 0) is 22.3 Å². The van der Waals surface area contributed by atoms with Crippen molar-refractivity contribution in [3.05, 3.63) is 112 Å². The molecule has 0 fully saturated rings. The number of esters is 1. The molecule has 0 radical (unpaired) electrons. The second kappa shape index (κ2) is 10.5. The Labute approximate surface area is 212 Å². The first kappa shape index (κ1) is 25.9. The van der Waals surface area contributed by atoms with Gasteiger partial charge in [-0.25, -0.2) is 4.79 Å². The van der Waals surface area contributed by atoms with Gasteiger partial charge in [-0.2, -0.15) is 18.4 Å². The number of carbonyl (C=O) groups is 1. The van der Waals surface area contributed by atoms with E-state index in [1.807, 2.05) is 24.3 Å². The molecule has 6 nitrogen and oxygen atoms in total. The summed E-state index contributed by atoms with van der Waals surface area (Å²) in [5.74, 6) is -0.675. The fraction of sp³-hybridized carbons (Fsp3) is 0.214. The summed E-state index contributed by atoms with van der Waals surface area (Å²) in [5, 5.41) is 20.4. The van der Waals surface area contributed by atoms with E-state index in [4.69, 9.17) is 10.00 Å². The van der Waals surface area contributed by atoms with Gasteiger partial charge in [0.15, 0.2) is 6.35 Å². The number of rotatable bonds is 5. The summed E-state index contributed by atoms with van der Waals surface area (Å²) in [5.41, 5.74) is 1.39. The molecule has 4 rings (SSSR count). The molecule has 3 aromatic rings. The number of hydrogen-bond acceptors (Lipinski definition) is 6. The highest BCUT2D eigenvalue weighted by Gasteiger charge is 2.42. The molecule has 1 aliphatic rings. The summed E-state index contributed by atoms with van der Waals surface area (Å²) in [6.07, 6.45) is -5.97. The van der Waals surface area contributed by atoms with Crippen LogP contribution in [0.4, 0.5) is 18.9 Å². The fourth-order valence-corrected chi connectivity index (χ4v) is 4.38. The Bertz CT molecular complexity index is 1350. The number of carbonyl (C=O) groups excluding carboxylic acids is 1. The fourth-order valence-electron chi connectivity index (χ4n) is 4.38. The van der Waals surface area contributed by atoms with Crippen molar-refractivity contribution in [2.45, 2.75) is 32.1 Å². The second-order valence-corrected chi connectivity index (χ2v) is 8.63. The molecule has 3 aromatic carbocycles. The van der Waals surface area contributed by atoms with Crippen molar-refractivity contribution in [3.8, 4) is 6.07 Å². The second-order valence-electron chi connectivity index (χ2n) is 8.63. The summed E-state index contributed by atoms with van der Waals surface area (Å²) in [7, 11) is 1.56. The van der Waals surface area contributed by atoms with Crippen LogP contribution >= 0.6 is 0 Å². The number of nitrogens with zero attached hydrogens (tertiary/aromatic N) is 3. The highest BCUT2D eigenvalue weighted by molar-refractivity contribution is 5.92. The van der Waals surface area contributed by atoms with Crippen LogP contribution in [0, 0.1) is 11.3 Å². The van der Waals surface area contributed by atoms with E-state index >= 15 is 0 Å². The molecule has 1 heterocycles. The zero-order valence-corrected chi connectivity index (χ0v) is 20.1. The highest BCUT2D eigenvalue weighted by Crippen LogP contribution is 2.41. The van der Waals surface area contributed by atoms with Gasteiger partial charge in [0.2, 0.25) is 0 Å². The Balaban J connectivity index is 1.81. The molecule has 2 unspecified atom stereocenters. The number of aliphatic hydroxyl groups is 1. The molecule has 0 amide bonds. The van der Waals surface area contributed by atoms with E-state index in [0.29, 0.717) is 11.1 Å². The lowest BCUT2D eigenvalue weighted by Crippen LogP contribution is -2.53. The summed E-state index contributed by atoms with van der Waals surface area (Å²) < 4.78 is 45.9. The molecular formula is C28H24F3N3O3. The largest absolute Gasteiger partial charge is 0.457 e. The number of anilines is 1. The van der Waals surface area contributed by atoms with Gasteiger partial charge in [0.1, 0.15) is 6.61 Å². The van der Waals surface area contributed by atoms with E-state index in [1.54, 1.807) is 50.4 Å². The lowest BCUT2D eigenvalue weighted by Gasteiger charge is -2.46. The Morgan fingerprint density at radius 3 is 2.35 bits per heavy atom. The van der Waals surface area contributed by atoms with Gasteiger partial charge >= 0.3 is 12.1 Å². The maximum atomic E-state index is 13.5. The molecule has 0 saturated carbocycles. The van der Waals surface area contributed by atoms with E-state index in [1.165, 1.54) is 21.9 Å². The predicted molar refractivity (Wildman–Crippen MR) is 131 cm³/mol. The topological polar surface area (TPSA) is 76.8 Å². The van der Waals surface area contributed by atoms with Gasteiger partial charge in [-0.05, 0) is 55.4 Å². The summed E-state index contributed by atoms with van der Waals surface area (Å²) >= 11 is 0. The maximum Gasteiger partial charge on any atom is 0.416 e. The van der Waals surface area contributed by atoms with E-state index < -0.39 is 30.1 Å². The van der Waals surface area contributed by atoms with Crippen molar-refractivity contribution >= 4 is 11.7 Å². The number of likely N-dealkylation sites (N-methyl/N-ethyl adjacent to an activating group) is 1. The minimum Gasteiger partial charge on any atom is -0.457 e. The molecule has 2 atom stereocenters. The van der Waals surface area contributed by atoms with Crippen molar-refractivity contribution in [2.75, 3.05) is 11.9 Å². The average molecular weight is 508 g/mol. The van der Waals surface area contributed by atoms with Gasteiger partial charge in [-0.3, -0.25) is 4.90 Å². The van der Waals surface area contributed by atoms with Gasteiger partial charge in [0, 0.05) is 11.4 Å². The number of alkyl halides is 3. The van der Waals surface area contributed by atoms with Crippen LogP contribution in [0.5, 0.6) is 0 Å². The highest BCUT2D eigenvalue weighted by atomic mass is 19.4. The number of benzene rings is 3. The third kappa shape index (κ3) is 5.35. The first-order valence-corrected chi connectivity index (χ1v) is 11.4. The van der Waals surface area contributed by atoms with Gasteiger partial charge < -0.3 is 14.7 Å². The van der Waals surface area contributed by atoms with Gasteiger partial charge in [-0.15, -0.1) is 0 Å². The molecule has 0 bridgehead atoms. The molecule has 0 aromatic heterocycles. The van der Waals surface area contributed by atoms with Gasteiger partial charge in [0.25, 0.3) is 0 Å². The molecular weight excluding hydrogens is 483 g/mol. The number of aliphatic hydroxyl groups excluding tert-OH is 1. The quantitative estimate of drug-likeness (QED) is 0.469. The van der Waals surface area contributed by atoms with Crippen LogP contribution in [0.15, 0.2) is 90.1 Å². The number of halogens is 3. The molecule has 1 N–H and O–H groups in total. The zero-order valence-electron chi connectivity index (χ0n) is 20.1. The third-order valence-electron chi connectivity index (χ3n) is 6.27. The Morgan fingerprint density at radius 1 is 1.05 bits per heavy atom. The lowest BCUT2D eigenvalue weighted by molar-refractivity contribution is -0.142. The number of allylic oxidation sites excluding steroid dienone is 1. The minimum atomic E-state index is -4.58. The average Bonchev–Trinajstić information content (AvgIpc) is 2.89. The number of hydrogen-bond donors (Lipinski definition) is 1. The molecule has 190 valence electrons. The monoisotopic (exact) mass is 507 g/mol. The Kier molecular flexibility index (Phi) is 7.34. The molecule has 0 saturated heterocycles. The molecule has 0 aliphatic carbocycles. The van der Waals surface area contributed by atoms with E-state index in [0.717, 1.165) is 17.7 Å². The van der Waals surface area contributed by atoms with E-state index in [-0.39, 0.29) is 23.6 Å². The standard InChI is InChI=1S/C28H24F3N3O3/c1-18-24(26(35)37-17-20-7-4-3-5-8-20)25(21-13-11-19(16-32)12-14-21)33(2)27(36)34(18)23-10-6-9-22(15-23)28(29,30)31/h3-15,25,27,36H,17H2,1-2H3. The number of nitriles is 1. The van der Waals surface area contributed by atoms with Crippen molar-refractivity contribution in [1.29, 1.82) is 5.26 Å². The van der Waals surface area contributed by atoms with Crippen molar-refractivity contribution in [1.82, 2.24) is 4.90 Å². The van der Waals surface area contributed by atoms with E-state index in [9.17, 15) is 23.1 Å². The summed E-state index contributed by atoms with van der Waals surface area (Å²) in [6, 6.07) is 21.4. The van der Waals surface area contributed by atoms with Gasteiger partial charge in [0.05, 0.1) is 28.8 Å². The molecule has 37 heavy (non-hydrogen) atoms. The summed E-state index contributed by atoms with van der Waals surface area (Å²) in [4.78, 5) is 16.2.